The number of aryl methyl sites for hydroxylation is 3. The minimum atomic E-state index is 0.787. The molecule has 4 aromatic heterocycles. The van der Waals surface area contributed by atoms with E-state index in [1.807, 2.05) is 12.1 Å². The van der Waals surface area contributed by atoms with Crippen molar-refractivity contribution in [2.75, 3.05) is 0 Å². The first kappa shape index (κ1) is 17.8. The summed E-state index contributed by atoms with van der Waals surface area (Å²) >= 11 is 1.79. The van der Waals surface area contributed by atoms with Gasteiger partial charge in [-0.2, -0.15) is 0 Å². The Hall–Kier alpha value is -3.70. The molecular formula is C28H18NO3S+. The minimum absolute atomic E-state index is 0.787. The Kier molecular flexibility index (Phi) is 3.13. The van der Waals surface area contributed by atoms with Crippen LogP contribution in [0.4, 0.5) is 0 Å². The Labute approximate surface area is 192 Å². The fraction of sp³-hybridized carbons (Fsp3) is 0.107. The van der Waals surface area contributed by atoms with E-state index in [4.69, 9.17) is 13.3 Å². The van der Waals surface area contributed by atoms with Gasteiger partial charge in [0.25, 0.3) is 0 Å². The predicted molar refractivity (Wildman–Crippen MR) is 131 cm³/mol. The molecule has 158 valence electrons. The Morgan fingerprint density at radius 1 is 0.788 bits per heavy atom. The van der Waals surface area contributed by atoms with Crippen molar-refractivity contribution in [1.82, 2.24) is 0 Å². The zero-order valence-corrected chi connectivity index (χ0v) is 19.1. The summed E-state index contributed by atoms with van der Waals surface area (Å²) < 4.78 is 20.7. The molecule has 3 aromatic carbocycles. The maximum Gasteiger partial charge on any atom is 0.222 e. The van der Waals surface area contributed by atoms with Gasteiger partial charge in [0, 0.05) is 33.4 Å². The number of aromatic nitrogens is 1. The molecule has 0 saturated heterocycles. The second-order valence-corrected chi connectivity index (χ2v) is 9.92. The highest BCUT2D eigenvalue weighted by atomic mass is 32.2. The molecule has 0 atom stereocenters. The largest absolute Gasteiger partial charge is 0.460 e. The number of furan rings is 3. The standard InChI is InChI=1S/C28H18NO3S/c1-13-20-16-6-4-5-7-18(16)31-24(20)14(2)27-21(13)23-22-15(8-10-29(23)3)12-17-25-19(9-11-30-25)32-26(17)28(22)33-27/h4-12H,1-3H3/q+1. The minimum Gasteiger partial charge on any atom is -0.460 e. The van der Waals surface area contributed by atoms with Crippen LogP contribution in [-0.2, 0) is 7.05 Å². The van der Waals surface area contributed by atoms with Crippen LogP contribution < -0.4 is 4.57 Å². The Morgan fingerprint density at radius 2 is 1.64 bits per heavy atom. The summed E-state index contributed by atoms with van der Waals surface area (Å²) in [6, 6.07) is 14.6. The highest BCUT2D eigenvalue weighted by Crippen LogP contribution is 2.55. The highest BCUT2D eigenvalue weighted by molar-refractivity contribution is 8.00. The van der Waals surface area contributed by atoms with Crippen LogP contribution in [-0.4, -0.2) is 0 Å². The van der Waals surface area contributed by atoms with Gasteiger partial charge in [0.2, 0.25) is 5.69 Å². The lowest BCUT2D eigenvalue weighted by Crippen LogP contribution is -2.31. The molecule has 4 nitrogen and oxygen atoms in total. The number of para-hydroxylation sites is 1. The lowest BCUT2D eigenvalue weighted by Gasteiger charge is -2.22. The number of rotatable bonds is 0. The number of fused-ring (bicyclic) bond motifs is 9. The SMILES string of the molecule is Cc1c2c(c(C)c3c1oc1ccccc13)-c1c3c(c4oc5ccoc5c4cc3cc[n+]1C)S2. The number of hydrogen-bond donors (Lipinski definition) is 0. The molecule has 0 spiro atoms. The van der Waals surface area contributed by atoms with Crippen LogP contribution in [0.3, 0.4) is 0 Å². The van der Waals surface area contributed by atoms with Gasteiger partial charge < -0.3 is 13.3 Å². The summed E-state index contributed by atoms with van der Waals surface area (Å²) in [6.07, 6.45) is 3.84. The van der Waals surface area contributed by atoms with Crippen molar-refractivity contribution in [2.24, 2.45) is 7.05 Å². The highest BCUT2D eigenvalue weighted by Gasteiger charge is 2.34. The Bertz CT molecular complexity index is 1990. The Morgan fingerprint density at radius 3 is 2.55 bits per heavy atom. The van der Waals surface area contributed by atoms with Crippen molar-refractivity contribution in [3.05, 3.63) is 66.1 Å². The van der Waals surface area contributed by atoms with Crippen LogP contribution in [0.5, 0.6) is 0 Å². The van der Waals surface area contributed by atoms with E-state index in [-0.39, 0.29) is 0 Å². The van der Waals surface area contributed by atoms with Gasteiger partial charge >= 0.3 is 0 Å². The van der Waals surface area contributed by atoms with Crippen molar-refractivity contribution in [1.29, 1.82) is 0 Å². The topological polar surface area (TPSA) is 43.3 Å². The molecule has 0 N–H and O–H groups in total. The van der Waals surface area contributed by atoms with Crippen molar-refractivity contribution < 1.29 is 17.8 Å². The van der Waals surface area contributed by atoms with E-state index in [9.17, 15) is 0 Å². The zero-order valence-electron chi connectivity index (χ0n) is 18.3. The average Bonchev–Trinajstić information content (AvgIpc) is 3.52. The lowest BCUT2D eigenvalue weighted by molar-refractivity contribution is -0.659. The van der Waals surface area contributed by atoms with Crippen LogP contribution in [0.2, 0.25) is 0 Å². The normalized spacial score (nSPS) is 13.2. The molecule has 0 unspecified atom stereocenters. The fourth-order valence-electron chi connectivity index (χ4n) is 5.61. The summed E-state index contributed by atoms with van der Waals surface area (Å²) in [5.74, 6) is 0. The molecule has 0 saturated carbocycles. The molecule has 1 aliphatic heterocycles. The van der Waals surface area contributed by atoms with E-state index < -0.39 is 0 Å². The van der Waals surface area contributed by atoms with E-state index in [2.05, 4.69) is 62.0 Å². The molecule has 0 amide bonds. The zero-order chi connectivity index (χ0) is 22.0. The average molecular weight is 449 g/mol. The first-order chi connectivity index (χ1) is 16.1. The van der Waals surface area contributed by atoms with Crippen LogP contribution in [0.25, 0.3) is 66.1 Å². The van der Waals surface area contributed by atoms with E-state index in [0.717, 1.165) is 38.2 Å². The Balaban J connectivity index is 1.62. The summed E-state index contributed by atoms with van der Waals surface area (Å²) in [6.45, 7) is 4.40. The van der Waals surface area contributed by atoms with Gasteiger partial charge in [0.05, 0.1) is 27.5 Å². The van der Waals surface area contributed by atoms with Crippen molar-refractivity contribution >= 4 is 66.6 Å². The molecule has 7 aromatic rings. The van der Waals surface area contributed by atoms with E-state index in [1.165, 1.54) is 48.8 Å². The van der Waals surface area contributed by atoms with Gasteiger partial charge in [-0.25, -0.2) is 4.57 Å². The summed E-state index contributed by atoms with van der Waals surface area (Å²) in [7, 11) is 2.13. The monoisotopic (exact) mass is 448 g/mol. The molecule has 0 aliphatic carbocycles. The number of hydrogen-bond acceptors (Lipinski definition) is 4. The molecule has 33 heavy (non-hydrogen) atoms. The third-order valence-corrected chi connectivity index (χ3v) is 8.42. The van der Waals surface area contributed by atoms with Gasteiger partial charge in [-0.05, 0) is 36.9 Å². The van der Waals surface area contributed by atoms with E-state index >= 15 is 0 Å². The van der Waals surface area contributed by atoms with E-state index in [0.29, 0.717) is 0 Å². The quantitative estimate of drug-likeness (QED) is 0.222. The molecule has 0 bridgehead atoms. The second-order valence-electron chi connectivity index (χ2n) is 8.90. The van der Waals surface area contributed by atoms with Crippen LogP contribution in [0, 0.1) is 13.8 Å². The first-order valence-corrected chi connectivity index (χ1v) is 11.8. The van der Waals surface area contributed by atoms with E-state index in [1.54, 1.807) is 18.0 Å². The second kappa shape index (κ2) is 5.80. The third-order valence-electron chi connectivity index (χ3n) is 7.11. The molecule has 1 aliphatic rings. The summed E-state index contributed by atoms with van der Waals surface area (Å²) in [5, 5.41) is 5.82. The number of nitrogens with zero attached hydrogens (tertiary/aromatic N) is 1. The molecule has 8 rings (SSSR count). The fourth-order valence-corrected chi connectivity index (χ4v) is 6.98. The lowest BCUT2D eigenvalue weighted by atomic mass is 9.93. The van der Waals surface area contributed by atoms with Gasteiger partial charge in [0.15, 0.2) is 22.9 Å². The van der Waals surface area contributed by atoms with Crippen LogP contribution >= 0.6 is 11.8 Å². The first-order valence-electron chi connectivity index (χ1n) is 11.0. The van der Waals surface area contributed by atoms with Gasteiger partial charge in [0.1, 0.15) is 18.2 Å². The van der Waals surface area contributed by atoms with Gasteiger partial charge in [-0.3, -0.25) is 0 Å². The van der Waals surface area contributed by atoms with Gasteiger partial charge in [-0.15, -0.1) is 0 Å². The van der Waals surface area contributed by atoms with Crippen molar-refractivity contribution in [2.45, 2.75) is 23.6 Å². The number of benzene rings is 3. The number of pyridine rings is 1. The smallest absolute Gasteiger partial charge is 0.222 e. The summed E-state index contributed by atoms with van der Waals surface area (Å²) in [4.78, 5) is 2.38. The molecule has 0 radical (unpaired) electrons. The third kappa shape index (κ3) is 2.03. The molecule has 5 heterocycles. The van der Waals surface area contributed by atoms with Crippen molar-refractivity contribution in [3.8, 4) is 11.3 Å². The summed E-state index contributed by atoms with van der Waals surface area (Å²) in [5.41, 5.74) is 9.32. The molecule has 5 heteroatoms. The van der Waals surface area contributed by atoms with Gasteiger partial charge in [-0.1, -0.05) is 30.0 Å². The maximum absolute atomic E-state index is 6.39. The molecular weight excluding hydrogens is 430 g/mol. The van der Waals surface area contributed by atoms with Crippen molar-refractivity contribution in [3.63, 3.8) is 0 Å². The molecule has 0 fully saturated rings. The van der Waals surface area contributed by atoms with Crippen LogP contribution in [0.1, 0.15) is 11.1 Å². The predicted octanol–water partition coefficient (Wildman–Crippen LogP) is 7.80. The maximum atomic E-state index is 6.39. The van der Waals surface area contributed by atoms with Crippen LogP contribution in [0.15, 0.2) is 78.0 Å².